The molecule has 1 aromatic heterocycles. The third-order valence-corrected chi connectivity index (χ3v) is 3.33. The normalized spacial score (nSPS) is 11.4. The van der Waals surface area contributed by atoms with Gasteiger partial charge in [-0.1, -0.05) is 38.5 Å². The van der Waals surface area contributed by atoms with E-state index in [-0.39, 0.29) is 5.41 Å². The van der Waals surface area contributed by atoms with Gasteiger partial charge in [0.1, 0.15) is 12.1 Å². The predicted octanol–water partition coefficient (Wildman–Crippen LogP) is 4.64. The minimum Gasteiger partial charge on any atom is -0.437 e. The van der Waals surface area contributed by atoms with Crippen LogP contribution in [-0.4, -0.2) is 9.97 Å². The van der Waals surface area contributed by atoms with E-state index in [0.29, 0.717) is 5.88 Å². The Balaban J connectivity index is 2.44. The second-order valence-electron chi connectivity index (χ2n) is 5.53. The average molecular weight is 321 g/mol. The highest BCUT2D eigenvalue weighted by molar-refractivity contribution is 9.10. The first kappa shape index (κ1) is 14.0. The summed E-state index contributed by atoms with van der Waals surface area (Å²) in [5.41, 5.74) is 2.40. The Labute approximate surface area is 122 Å². The second-order valence-corrected chi connectivity index (χ2v) is 6.38. The number of halogens is 1. The Morgan fingerprint density at radius 3 is 2.58 bits per heavy atom. The van der Waals surface area contributed by atoms with Gasteiger partial charge in [0.25, 0.3) is 0 Å². The molecule has 0 unspecified atom stereocenters. The molecule has 0 amide bonds. The Morgan fingerprint density at radius 2 is 1.95 bits per heavy atom. The Hall–Kier alpha value is -1.42. The van der Waals surface area contributed by atoms with Crippen molar-refractivity contribution in [3.63, 3.8) is 0 Å². The molecule has 2 rings (SSSR count). The molecule has 0 bridgehead atoms. The van der Waals surface area contributed by atoms with E-state index in [0.717, 1.165) is 15.8 Å². The molecule has 0 spiro atoms. The predicted molar refractivity (Wildman–Crippen MR) is 79.7 cm³/mol. The third kappa shape index (κ3) is 3.32. The van der Waals surface area contributed by atoms with Crippen molar-refractivity contribution in [1.82, 2.24) is 9.97 Å². The van der Waals surface area contributed by atoms with Crippen molar-refractivity contribution < 1.29 is 4.74 Å². The highest BCUT2D eigenvalue weighted by Crippen LogP contribution is 2.35. The molecule has 1 heterocycles. The zero-order chi connectivity index (χ0) is 14.0. The fraction of sp³-hybridized carbons (Fsp3) is 0.333. The van der Waals surface area contributed by atoms with Crippen molar-refractivity contribution in [3.05, 3.63) is 46.3 Å². The average Bonchev–Trinajstić information content (AvgIpc) is 2.33. The van der Waals surface area contributed by atoms with E-state index in [2.05, 4.69) is 59.7 Å². The third-order valence-electron chi connectivity index (χ3n) is 2.78. The van der Waals surface area contributed by atoms with Gasteiger partial charge in [-0.25, -0.2) is 9.97 Å². The molecule has 0 aliphatic carbocycles. The number of aromatic nitrogens is 2. The molecule has 0 aliphatic heterocycles. The van der Waals surface area contributed by atoms with Crippen molar-refractivity contribution in [3.8, 4) is 11.6 Å². The molecule has 0 aliphatic rings. The molecule has 0 saturated carbocycles. The van der Waals surface area contributed by atoms with Gasteiger partial charge in [0.15, 0.2) is 0 Å². The Kier molecular flexibility index (Phi) is 3.90. The lowest BCUT2D eigenvalue weighted by Crippen LogP contribution is -2.13. The van der Waals surface area contributed by atoms with Crippen molar-refractivity contribution >= 4 is 15.9 Å². The smallest absolute Gasteiger partial charge is 0.236 e. The zero-order valence-corrected chi connectivity index (χ0v) is 13.2. The lowest BCUT2D eigenvalue weighted by molar-refractivity contribution is 0.435. The number of hydrogen-bond donors (Lipinski definition) is 0. The number of ether oxygens (including phenoxy) is 1. The fourth-order valence-corrected chi connectivity index (χ4v) is 2.10. The van der Waals surface area contributed by atoms with Gasteiger partial charge in [-0.3, -0.25) is 0 Å². The Morgan fingerprint density at radius 1 is 1.21 bits per heavy atom. The maximum atomic E-state index is 5.92. The summed E-state index contributed by atoms with van der Waals surface area (Å²) >= 11 is 3.39. The lowest BCUT2D eigenvalue weighted by Gasteiger charge is -2.23. The van der Waals surface area contributed by atoms with Gasteiger partial charge in [-0.2, -0.15) is 0 Å². The number of nitrogens with zero attached hydrogens (tertiary/aromatic N) is 2. The molecule has 0 N–H and O–H groups in total. The van der Waals surface area contributed by atoms with Crippen LogP contribution in [0.25, 0.3) is 0 Å². The lowest BCUT2D eigenvalue weighted by atomic mass is 9.85. The van der Waals surface area contributed by atoms with Gasteiger partial charge in [0.2, 0.25) is 5.88 Å². The van der Waals surface area contributed by atoms with Crippen LogP contribution in [0.3, 0.4) is 0 Å². The van der Waals surface area contributed by atoms with E-state index < -0.39 is 0 Å². The largest absolute Gasteiger partial charge is 0.437 e. The number of rotatable bonds is 2. The van der Waals surface area contributed by atoms with Gasteiger partial charge in [-0.15, -0.1) is 0 Å². The summed E-state index contributed by atoms with van der Waals surface area (Å²) in [5, 5.41) is 0. The Bertz CT molecular complexity index is 591. The fourth-order valence-electron chi connectivity index (χ4n) is 1.80. The van der Waals surface area contributed by atoms with Gasteiger partial charge in [0.05, 0.1) is 4.47 Å². The molecule has 0 radical (unpaired) electrons. The van der Waals surface area contributed by atoms with E-state index in [1.165, 1.54) is 11.9 Å². The van der Waals surface area contributed by atoms with E-state index >= 15 is 0 Å². The summed E-state index contributed by atoms with van der Waals surface area (Å²) < 4.78 is 6.67. The van der Waals surface area contributed by atoms with Gasteiger partial charge < -0.3 is 4.74 Å². The van der Waals surface area contributed by atoms with Crippen LogP contribution in [0.2, 0.25) is 0 Å². The van der Waals surface area contributed by atoms with E-state index in [1.807, 2.05) is 12.1 Å². The van der Waals surface area contributed by atoms with Crippen LogP contribution in [0.4, 0.5) is 0 Å². The SMILES string of the molecule is Cc1ccc(Oc2ncncc2Br)c(C(C)(C)C)c1. The summed E-state index contributed by atoms with van der Waals surface area (Å²) in [5.74, 6) is 1.36. The molecule has 1 aromatic carbocycles. The quantitative estimate of drug-likeness (QED) is 0.808. The van der Waals surface area contributed by atoms with Crippen molar-refractivity contribution in [1.29, 1.82) is 0 Å². The van der Waals surface area contributed by atoms with Crippen molar-refractivity contribution in [2.24, 2.45) is 0 Å². The summed E-state index contributed by atoms with van der Waals surface area (Å²) in [4.78, 5) is 8.07. The topological polar surface area (TPSA) is 35.0 Å². The first-order valence-corrected chi connectivity index (χ1v) is 6.92. The number of hydrogen-bond acceptors (Lipinski definition) is 3. The van der Waals surface area contributed by atoms with Crippen LogP contribution >= 0.6 is 15.9 Å². The first-order valence-electron chi connectivity index (χ1n) is 6.12. The molecular weight excluding hydrogens is 304 g/mol. The summed E-state index contributed by atoms with van der Waals surface area (Å²) in [6, 6.07) is 6.19. The molecule has 4 heteroatoms. The van der Waals surface area contributed by atoms with Gasteiger partial charge in [-0.05, 0) is 34.3 Å². The van der Waals surface area contributed by atoms with E-state index in [4.69, 9.17) is 4.74 Å². The molecule has 3 nitrogen and oxygen atoms in total. The molecule has 0 atom stereocenters. The maximum Gasteiger partial charge on any atom is 0.236 e. The van der Waals surface area contributed by atoms with Gasteiger partial charge in [0, 0.05) is 11.8 Å². The maximum absolute atomic E-state index is 5.92. The second kappa shape index (κ2) is 5.29. The number of benzene rings is 1. The van der Waals surface area contributed by atoms with Crippen LogP contribution < -0.4 is 4.74 Å². The van der Waals surface area contributed by atoms with Crippen molar-refractivity contribution in [2.75, 3.05) is 0 Å². The molecule has 0 saturated heterocycles. The zero-order valence-electron chi connectivity index (χ0n) is 11.6. The summed E-state index contributed by atoms with van der Waals surface area (Å²) in [6.07, 6.45) is 3.15. The highest BCUT2D eigenvalue weighted by Gasteiger charge is 2.20. The molecule has 100 valence electrons. The minimum atomic E-state index is 0.0147. The minimum absolute atomic E-state index is 0.0147. The van der Waals surface area contributed by atoms with Crippen molar-refractivity contribution in [2.45, 2.75) is 33.1 Å². The highest BCUT2D eigenvalue weighted by atomic mass is 79.9. The first-order chi connectivity index (χ1) is 8.88. The molecular formula is C15H17BrN2O. The van der Waals surface area contributed by atoms with Crippen LogP contribution in [0.1, 0.15) is 31.9 Å². The van der Waals surface area contributed by atoms with Crippen LogP contribution in [0, 0.1) is 6.92 Å². The van der Waals surface area contributed by atoms with Crippen LogP contribution in [-0.2, 0) is 5.41 Å². The summed E-state index contributed by atoms with van der Waals surface area (Å²) in [7, 11) is 0. The van der Waals surface area contributed by atoms with Crippen LogP contribution in [0.5, 0.6) is 11.6 Å². The number of aryl methyl sites for hydroxylation is 1. The van der Waals surface area contributed by atoms with Crippen LogP contribution in [0.15, 0.2) is 35.2 Å². The standard InChI is InChI=1S/C15H17BrN2O/c1-10-5-6-13(11(7-10)15(2,3)4)19-14-12(16)8-17-9-18-14/h5-9H,1-4H3. The molecule has 0 fully saturated rings. The summed E-state index contributed by atoms with van der Waals surface area (Å²) in [6.45, 7) is 8.59. The van der Waals surface area contributed by atoms with E-state index in [1.54, 1.807) is 6.20 Å². The molecule has 19 heavy (non-hydrogen) atoms. The van der Waals surface area contributed by atoms with E-state index in [9.17, 15) is 0 Å². The van der Waals surface area contributed by atoms with Gasteiger partial charge >= 0.3 is 0 Å². The molecule has 2 aromatic rings. The monoisotopic (exact) mass is 320 g/mol.